The summed E-state index contributed by atoms with van der Waals surface area (Å²) in [5.74, 6) is -0.917. The quantitative estimate of drug-likeness (QED) is 0.880. The molecule has 1 amide bonds. The Kier molecular flexibility index (Phi) is 4.20. The highest BCUT2D eigenvalue weighted by atomic mass is 19.1. The van der Waals surface area contributed by atoms with E-state index >= 15 is 0 Å². The third-order valence-electron chi connectivity index (χ3n) is 3.37. The van der Waals surface area contributed by atoms with E-state index in [2.05, 4.69) is 5.32 Å². The van der Waals surface area contributed by atoms with Crippen LogP contribution in [-0.4, -0.2) is 29.3 Å². The molecular weight excluding hydrogens is 249 g/mol. The summed E-state index contributed by atoms with van der Waals surface area (Å²) in [4.78, 5) is 12.1. The summed E-state index contributed by atoms with van der Waals surface area (Å²) in [6, 6.07) is 3.86. The number of hydrogen-bond donors (Lipinski definition) is 2. The number of methoxy groups -OCH3 is 1. The van der Waals surface area contributed by atoms with Crippen molar-refractivity contribution in [2.24, 2.45) is 0 Å². The third-order valence-corrected chi connectivity index (χ3v) is 3.37. The van der Waals surface area contributed by atoms with Gasteiger partial charge in [0.25, 0.3) is 5.91 Å². The van der Waals surface area contributed by atoms with E-state index in [1.807, 2.05) is 0 Å². The average molecular weight is 269 g/mol. The molecule has 106 valence electrons. The number of carbonyl (C=O) groups is 1. The van der Waals surface area contributed by atoms with E-state index in [0.717, 1.165) is 0 Å². The van der Waals surface area contributed by atoms with Crippen LogP contribution in [0.15, 0.2) is 18.2 Å². The van der Waals surface area contributed by atoms with Gasteiger partial charge in [-0.3, -0.25) is 4.79 Å². The fourth-order valence-electron chi connectivity index (χ4n) is 1.31. The van der Waals surface area contributed by atoms with Gasteiger partial charge < -0.3 is 15.2 Å². The van der Waals surface area contributed by atoms with E-state index in [1.54, 1.807) is 27.7 Å². The van der Waals surface area contributed by atoms with Crippen molar-refractivity contribution in [2.75, 3.05) is 7.11 Å². The maximum atomic E-state index is 13.3. The first kappa shape index (κ1) is 15.4. The lowest BCUT2D eigenvalue weighted by molar-refractivity contribution is -0.00293. The summed E-state index contributed by atoms with van der Waals surface area (Å²) in [5.41, 5.74) is -1.64. The van der Waals surface area contributed by atoms with Gasteiger partial charge in [-0.15, -0.1) is 0 Å². The number of nitrogens with one attached hydrogen (secondary N) is 1. The zero-order valence-corrected chi connectivity index (χ0v) is 11.9. The Hall–Kier alpha value is -1.62. The number of amides is 1. The maximum Gasteiger partial charge on any atom is 0.251 e. The minimum absolute atomic E-state index is 0.00807. The Morgan fingerprint density at radius 2 is 1.89 bits per heavy atom. The first-order chi connectivity index (χ1) is 8.58. The molecule has 0 spiro atoms. The number of carbonyl (C=O) groups excluding carboxylic acids is 1. The lowest BCUT2D eigenvalue weighted by Crippen LogP contribution is -2.57. The van der Waals surface area contributed by atoms with Gasteiger partial charge in [0.05, 0.1) is 18.2 Å². The molecule has 5 heteroatoms. The number of aliphatic hydroxyl groups is 1. The zero-order valence-electron chi connectivity index (χ0n) is 11.9. The summed E-state index contributed by atoms with van der Waals surface area (Å²) in [7, 11) is 1.33. The Bertz CT molecular complexity index is 478. The third kappa shape index (κ3) is 3.44. The largest absolute Gasteiger partial charge is 0.494 e. The van der Waals surface area contributed by atoms with Gasteiger partial charge in [-0.25, -0.2) is 4.39 Å². The molecule has 0 heterocycles. The first-order valence-electron chi connectivity index (χ1n) is 5.97. The van der Waals surface area contributed by atoms with Crippen LogP contribution in [0.25, 0.3) is 0 Å². The molecule has 0 aliphatic carbocycles. The molecular formula is C14H20FNO3. The van der Waals surface area contributed by atoms with Gasteiger partial charge in [0, 0.05) is 5.56 Å². The minimum atomic E-state index is -1.09. The molecule has 0 saturated carbocycles. The van der Waals surface area contributed by atoms with Crippen LogP contribution in [0.4, 0.5) is 4.39 Å². The minimum Gasteiger partial charge on any atom is -0.494 e. The molecule has 0 saturated heterocycles. The second-order valence-corrected chi connectivity index (χ2v) is 5.49. The van der Waals surface area contributed by atoms with Crippen molar-refractivity contribution in [3.8, 4) is 5.75 Å². The summed E-state index contributed by atoms with van der Waals surface area (Å²) in [5, 5.41) is 12.7. The van der Waals surface area contributed by atoms with Gasteiger partial charge in [0.15, 0.2) is 11.6 Å². The lowest BCUT2D eigenvalue weighted by Gasteiger charge is -2.38. The van der Waals surface area contributed by atoms with Gasteiger partial charge in [0.2, 0.25) is 0 Å². The van der Waals surface area contributed by atoms with E-state index in [9.17, 15) is 14.3 Å². The Morgan fingerprint density at radius 1 is 1.32 bits per heavy atom. The molecule has 0 bridgehead atoms. The van der Waals surface area contributed by atoms with Crippen LogP contribution >= 0.6 is 0 Å². The number of benzene rings is 1. The maximum absolute atomic E-state index is 13.3. The molecule has 1 aromatic carbocycles. The smallest absolute Gasteiger partial charge is 0.251 e. The number of halogens is 1. The molecule has 19 heavy (non-hydrogen) atoms. The number of hydrogen-bond acceptors (Lipinski definition) is 3. The highest BCUT2D eigenvalue weighted by molar-refractivity contribution is 5.95. The summed E-state index contributed by atoms with van der Waals surface area (Å²) < 4.78 is 18.1. The van der Waals surface area contributed by atoms with Crippen LogP contribution < -0.4 is 10.1 Å². The van der Waals surface area contributed by atoms with Gasteiger partial charge in [-0.05, 0) is 45.9 Å². The van der Waals surface area contributed by atoms with Crippen LogP contribution in [0.1, 0.15) is 38.1 Å². The highest BCUT2D eigenvalue weighted by Crippen LogP contribution is 2.22. The number of ether oxygens (including phenoxy) is 1. The van der Waals surface area contributed by atoms with Crippen LogP contribution in [-0.2, 0) is 0 Å². The molecule has 0 atom stereocenters. The predicted octanol–water partition coefficient (Wildman–Crippen LogP) is 2.11. The van der Waals surface area contributed by atoms with E-state index in [-0.39, 0.29) is 11.3 Å². The van der Waals surface area contributed by atoms with Crippen LogP contribution in [0.2, 0.25) is 0 Å². The summed E-state index contributed by atoms with van der Waals surface area (Å²) in [6.45, 7) is 6.65. The van der Waals surface area contributed by atoms with Gasteiger partial charge in [-0.2, -0.15) is 0 Å². The summed E-state index contributed by atoms with van der Waals surface area (Å²) >= 11 is 0. The molecule has 2 N–H and O–H groups in total. The van der Waals surface area contributed by atoms with Crippen LogP contribution in [0.3, 0.4) is 0 Å². The van der Waals surface area contributed by atoms with Crippen molar-refractivity contribution < 1.29 is 19.0 Å². The van der Waals surface area contributed by atoms with Crippen LogP contribution in [0, 0.1) is 5.82 Å². The molecule has 0 aliphatic rings. The normalized spacial score (nSPS) is 12.2. The molecule has 0 fully saturated rings. The van der Waals surface area contributed by atoms with E-state index in [0.29, 0.717) is 0 Å². The van der Waals surface area contributed by atoms with Gasteiger partial charge in [0.1, 0.15) is 0 Å². The standard InChI is InChI=1S/C14H20FNO3/c1-13(2,14(3,4)18)16-12(17)9-6-7-10(15)11(8-9)19-5/h6-8,18H,1-5H3,(H,16,17). The van der Waals surface area contributed by atoms with Crippen molar-refractivity contribution in [1.29, 1.82) is 0 Å². The van der Waals surface area contributed by atoms with Crippen molar-refractivity contribution in [1.82, 2.24) is 5.32 Å². The van der Waals surface area contributed by atoms with Crippen molar-refractivity contribution >= 4 is 5.91 Å². The molecule has 0 aromatic heterocycles. The second kappa shape index (κ2) is 5.17. The van der Waals surface area contributed by atoms with Crippen molar-refractivity contribution in [3.63, 3.8) is 0 Å². The first-order valence-corrected chi connectivity index (χ1v) is 5.97. The molecule has 0 aliphatic heterocycles. The lowest BCUT2D eigenvalue weighted by atomic mass is 9.85. The molecule has 4 nitrogen and oxygen atoms in total. The Labute approximate surface area is 112 Å². The molecule has 1 rings (SSSR count). The Balaban J connectivity index is 2.96. The van der Waals surface area contributed by atoms with E-state index < -0.39 is 22.9 Å². The fraction of sp³-hybridized carbons (Fsp3) is 0.500. The SMILES string of the molecule is COc1cc(C(=O)NC(C)(C)C(C)(C)O)ccc1F. The molecule has 0 unspecified atom stereocenters. The average Bonchev–Trinajstić information content (AvgIpc) is 2.27. The van der Waals surface area contributed by atoms with E-state index in [1.165, 1.54) is 25.3 Å². The monoisotopic (exact) mass is 269 g/mol. The number of rotatable bonds is 4. The predicted molar refractivity (Wildman–Crippen MR) is 70.8 cm³/mol. The fourth-order valence-corrected chi connectivity index (χ4v) is 1.31. The Morgan fingerprint density at radius 3 is 2.37 bits per heavy atom. The summed E-state index contributed by atoms with van der Waals surface area (Å²) in [6.07, 6.45) is 0. The van der Waals surface area contributed by atoms with Gasteiger partial charge in [-0.1, -0.05) is 0 Å². The topological polar surface area (TPSA) is 58.6 Å². The second-order valence-electron chi connectivity index (χ2n) is 5.49. The van der Waals surface area contributed by atoms with Crippen molar-refractivity contribution in [2.45, 2.75) is 38.8 Å². The highest BCUT2D eigenvalue weighted by Gasteiger charge is 2.36. The molecule has 0 radical (unpaired) electrons. The van der Waals surface area contributed by atoms with Crippen molar-refractivity contribution in [3.05, 3.63) is 29.6 Å². The van der Waals surface area contributed by atoms with Crippen LogP contribution in [0.5, 0.6) is 5.75 Å². The van der Waals surface area contributed by atoms with E-state index in [4.69, 9.17) is 4.74 Å². The zero-order chi connectivity index (χ0) is 14.8. The van der Waals surface area contributed by atoms with Gasteiger partial charge >= 0.3 is 0 Å². The molecule has 1 aromatic rings.